The predicted octanol–water partition coefficient (Wildman–Crippen LogP) is 5.64. The smallest absolute Gasteiger partial charge is 0.416 e. The van der Waals surface area contributed by atoms with Gasteiger partial charge in [0.25, 0.3) is 0 Å². The number of carboxylic acids is 1. The highest BCUT2D eigenvalue weighted by Gasteiger charge is 2.36. The van der Waals surface area contributed by atoms with Gasteiger partial charge >= 0.3 is 12.1 Å². The summed E-state index contributed by atoms with van der Waals surface area (Å²) in [6.07, 6.45) is -3.36. The van der Waals surface area contributed by atoms with Crippen molar-refractivity contribution in [2.24, 2.45) is 5.92 Å². The van der Waals surface area contributed by atoms with E-state index in [0.29, 0.717) is 37.3 Å². The van der Waals surface area contributed by atoms with Crippen LogP contribution in [-0.4, -0.2) is 35.7 Å². The van der Waals surface area contributed by atoms with E-state index >= 15 is 0 Å². The van der Waals surface area contributed by atoms with Crippen molar-refractivity contribution < 1.29 is 27.8 Å². The van der Waals surface area contributed by atoms with Crippen LogP contribution in [0.1, 0.15) is 42.5 Å². The highest BCUT2D eigenvalue weighted by Crippen LogP contribution is 2.42. The maximum absolute atomic E-state index is 13.4. The Morgan fingerprint density at radius 3 is 2.67 bits per heavy atom. The van der Waals surface area contributed by atoms with Crippen LogP contribution in [0.25, 0.3) is 0 Å². The molecule has 1 aliphatic heterocycles. The van der Waals surface area contributed by atoms with Crippen LogP contribution in [-0.2, 0) is 11.0 Å². The number of hydrogen-bond donors (Lipinski definition) is 1. The van der Waals surface area contributed by atoms with Crippen molar-refractivity contribution >= 4 is 17.6 Å². The molecule has 1 fully saturated rings. The van der Waals surface area contributed by atoms with Crippen molar-refractivity contribution in [3.63, 3.8) is 0 Å². The number of nitrogens with zero attached hydrogens (tertiary/aromatic N) is 1. The van der Waals surface area contributed by atoms with E-state index in [9.17, 15) is 23.1 Å². The van der Waals surface area contributed by atoms with E-state index in [1.807, 2.05) is 11.8 Å². The SMILES string of the molecule is CCOc1ccccc1C(c1cc(C(F)(F)F)ccc1Cl)N1CCCC(C(=O)O)C1. The molecule has 0 amide bonds. The number of aliphatic carboxylic acids is 1. The molecular weight excluding hydrogens is 419 g/mol. The molecule has 1 heterocycles. The van der Waals surface area contributed by atoms with Gasteiger partial charge in [-0.05, 0) is 56.1 Å². The average Bonchev–Trinajstić information content (AvgIpc) is 2.70. The topological polar surface area (TPSA) is 49.8 Å². The molecule has 162 valence electrons. The fourth-order valence-electron chi connectivity index (χ4n) is 3.93. The van der Waals surface area contributed by atoms with Gasteiger partial charge in [-0.1, -0.05) is 29.8 Å². The maximum Gasteiger partial charge on any atom is 0.416 e. The van der Waals surface area contributed by atoms with E-state index in [0.717, 1.165) is 12.1 Å². The first kappa shape index (κ1) is 22.4. The number of carbonyl (C=O) groups is 1. The van der Waals surface area contributed by atoms with Crippen LogP contribution in [0.2, 0.25) is 5.02 Å². The molecule has 0 radical (unpaired) electrons. The molecular formula is C22H23ClF3NO3. The Morgan fingerprint density at radius 2 is 2.00 bits per heavy atom. The number of benzene rings is 2. The van der Waals surface area contributed by atoms with Gasteiger partial charge in [-0.2, -0.15) is 13.2 Å². The average molecular weight is 442 g/mol. The van der Waals surface area contributed by atoms with Gasteiger partial charge < -0.3 is 9.84 Å². The van der Waals surface area contributed by atoms with E-state index in [1.54, 1.807) is 24.3 Å². The second-order valence-electron chi connectivity index (χ2n) is 7.28. The summed E-state index contributed by atoms with van der Waals surface area (Å²) in [6.45, 7) is 2.97. The Labute approximate surface area is 178 Å². The maximum atomic E-state index is 13.4. The van der Waals surface area contributed by atoms with E-state index in [-0.39, 0.29) is 17.1 Å². The van der Waals surface area contributed by atoms with Crippen LogP contribution in [0.3, 0.4) is 0 Å². The first-order chi connectivity index (χ1) is 14.2. The highest BCUT2D eigenvalue weighted by molar-refractivity contribution is 6.31. The van der Waals surface area contributed by atoms with Crippen LogP contribution in [0.4, 0.5) is 13.2 Å². The van der Waals surface area contributed by atoms with Gasteiger partial charge in [0.2, 0.25) is 0 Å². The minimum absolute atomic E-state index is 0.191. The zero-order chi connectivity index (χ0) is 21.9. The standard InChI is InChI=1S/C22H23ClF3NO3/c1-2-30-19-8-4-3-7-16(19)20(27-11-5-6-14(13-27)21(28)29)17-12-15(22(24,25)26)9-10-18(17)23/h3-4,7-10,12,14,20H,2,5-6,11,13H2,1H3,(H,28,29). The number of rotatable bonds is 6. The lowest BCUT2D eigenvalue weighted by molar-refractivity contribution is -0.143. The number of para-hydroxylation sites is 1. The number of halogens is 4. The number of piperidine rings is 1. The van der Waals surface area contributed by atoms with Gasteiger partial charge in [0.1, 0.15) is 5.75 Å². The van der Waals surface area contributed by atoms with Crippen LogP contribution in [0.5, 0.6) is 5.75 Å². The number of carboxylic acid groups (broad SMARTS) is 1. The van der Waals surface area contributed by atoms with Crippen molar-refractivity contribution in [1.29, 1.82) is 0 Å². The van der Waals surface area contributed by atoms with E-state index in [1.165, 1.54) is 6.07 Å². The second-order valence-corrected chi connectivity index (χ2v) is 7.69. The minimum Gasteiger partial charge on any atom is -0.494 e. The number of likely N-dealkylation sites (tertiary alicyclic amines) is 1. The summed E-state index contributed by atoms with van der Waals surface area (Å²) in [6, 6.07) is 9.70. The van der Waals surface area contributed by atoms with Gasteiger partial charge in [0.15, 0.2) is 0 Å². The fourth-order valence-corrected chi connectivity index (χ4v) is 4.15. The van der Waals surface area contributed by atoms with Crippen molar-refractivity contribution in [2.45, 2.75) is 32.0 Å². The molecule has 1 saturated heterocycles. The molecule has 8 heteroatoms. The lowest BCUT2D eigenvalue weighted by atomic mass is 9.90. The van der Waals surface area contributed by atoms with Crippen LogP contribution < -0.4 is 4.74 Å². The van der Waals surface area contributed by atoms with Crippen LogP contribution in [0, 0.1) is 5.92 Å². The summed E-state index contributed by atoms with van der Waals surface area (Å²) < 4.78 is 46.0. The quantitative estimate of drug-likeness (QED) is 0.630. The normalized spacial score (nSPS) is 18.8. The third kappa shape index (κ3) is 4.90. The Morgan fingerprint density at radius 1 is 1.27 bits per heavy atom. The Bertz CT molecular complexity index is 903. The highest BCUT2D eigenvalue weighted by atomic mass is 35.5. The molecule has 4 nitrogen and oxygen atoms in total. The lowest BCUT2D eigenvalue weighted by Crippen LogP contribution is -2.41. The first-order valence-corrected chi connectivity index (χ1v) is 10.2. The minimum atomic E-state index is -4.52. The summed E-state index contributed by atoms with van der Waals surface area (Å²) in [5, 5.41) is 9.69. The van der Waals surface area contributed by atoms with Gasteiger partial charge in [0.05, 0.1) is 24.1 Å². The molecule has 2 aromatic carbocycles. The number of alkyl halides is 3. The summed E-state index contributed by atoms with van der Waals surface area (Å²) in [5.41, 5.74) is 0.142. The summed E-state index contributed by atoms with van der Waals surface area (Å²) in [4.78, 5) is 13.5. The Hall–Kier alpha value is -2.25. The lowest BCUT2D eigenvalue weighted by Gasteiger charge is -2.38. The molecule has 0 saturated carbocycles. The molecule has 2 unspecified atom stereocenters. The third-order valence-electron chi connectivity index (χ3n) is 5.30. The second kappa shape index (κ2) is 9.27. The molecule has 3 rings (SSSR count). The van der Waals surface area contributed by atoms with Crippen molar-refractivity contribution in [3.05, 3.63) is 64.2 Å². The molecule has 30 heavy (non-hydrogen) atoms. The summed E-state index contributed by atoms with van der Waals surface area (Å²) in [5.74, 6) is -0.965. The third-order valence-corrected chi connectivity index (χ3v) is 5.64. The van der Waals surface area contributed by atoms with Crippen LogP contribution in [0.15, 0.2) is 42.5 Å². The molecule has 0 aromatic heterocycles. The summed E-state index contributed by atoms with van der Waals surface area (Å²) in [7, 11) is 0. The summed E-state index contributed by atoms with van der Waals surface area (Å²) >= 11 is 6.39. The zero-order valence-electron chi connectivity index (χ0n) is 16.5. The van der Waals surface area contributed by atoms with E-state index < -0.39 is 29.7 Å². The molecule has 1 N–H and O–H groups in total. The Kier molecular flexibility index (Phi) is 6.93. The van der Waals surface area contributed by atoms with Crippen molar-refractivity contribution in [3.8, 4) is 5.75 Å². The molecule has 2 aromatic rings. The Balaban J connectivity index is 2.15. The monoisotopic (exact) mass is 441 g/mol. The largest absolute Gasteiger partial charge is 0.494 e. The zero-order valence-corrected chi connectivity index (χ0v) is 17.2. The van der Waals surface area contributed by atoms with Crippen molar-refractivity contribution in [1.82, 2.24) is 4.90 Å². The first-order valence-electron chi connectivity index (χ1n) is 9.77. The van der Waals surface area contributed by atoms with Gasteiger partial charge in [-0.25, -0.2) is 0 Å². The number of ether oxygens (including phenoxy) is 1. The van der Waals surface area contributed by atoms with Gasteiger partial charge in [-0.15, -0.1) is 0 Å². The van der Waals surface area contributed by atoms with Crippen LogP contribution >= 0.6 is 11.6 Å². The van der Waals surface area contributed by atoms with Crippen molar-refractivity contribution in [2.75, 3.05) is 19.7 Å². The molecule has 0 bridgehead atoms. The predicted molar refractivity (Wildman–Crippen MR) is 108 cm³/mol. The molecule has 0 aliphatic carbocycles. The van der Waals surface area contributed by atoms with Gasteiger partial charge in [-0.3, -0.25) is 9.69 Å². The fraction of sp³-hybridized carbons (Fsp3) is 0.409. The van der Waals surface area contributed by atoms with Gasteiger partial charge in [0, 0.05) is 17.1 Å². The molecule has 0 spiro atoms. The number of hydrogen-bond acceptors (Lipinski definition) is 3. The van der Waals surface area contributed by atoms with E-state index in [4.69, 9.17) is 16.3 Å². The molecule has 1 aliphatic rings. The van der Waals surface area contributed by atoms with E-state index in [2.05, 4.69) is 0 Å². The molecule has 2 atom stereocenters.